The molecule has 0 spiro atoms. The zero-order valence-corrected chi connectivity index (χ0v) is 12.8. The van der Waals surface area contributed by atoms with E-state index in [4.69, 9.17) is 5.73 Å². The first-order chi connectivity index (χ1) is 10.1. The molecule has 0 radical (unpaired) electrons. The first-order valence-corrected chi connectivity index (χ1v) is 8.02. The predicted molar refractivity (Wildman–Crippen MR) is 84.7 cm³/mol. The zero-order valence-electron chi connectivity index (χ0n) is 12.0. The summed E-state index contributed by atoms with van der Waals surface area (Å²) in [5.41, 5.74) is 7.19. The van der Waals surface area contributed by atoms with E-state index >= 15 is 0 Å². The average molecular weight is 305 g/mol. The second-order valence-corrected chi connectivity index (χ2v) is 6.47. The fraction of sp³-hybridized carbons (Fsp3) is 0.500. The number of nitrogens with zero attached hydrogens (tertiary/aromatic N) is 4. The molecule has 2 N–H and O–H groups in total. The fourth-order valence-electron chi connectivity index (χ4n) is 2.69. The smallest absolute Gasteiger partial charge is 0.269 e. The Hall–Kier alpha value is -1.89. The largest absolute Gasteiger partial charge is 0.375 e. The van der Waals surface area contributed by atoms with Gasteiger partial charge in [-0.2, -0.15) is 5.10 Å². The third-order valence-corrected chi connectivity index (χ3v) is 4.48. The highest BCUT2D eigenvalue weighted by molar-refractivity contribution is 7.13. The molecule has 0 aromatic carbocycles. The Morgan fingerprint density at radius 1 is 1.52 bits per heavy atom. The molecule has 1 aliphatic rings. The van der Waals surface area contributed by atoms with E-state index < -0.39 is 0 Å². The number of hydrogen-bond donors (Lipinski definition) is 1. The first-order valence-electron chi connectivity index (χ1n) is 7.14. The van der Waals surface area contributed by atoms with Crippen LogP contribution < -0.4 is 16.2 Å². The minimum Gasteiger partial charge on any atom is -0.375 e. The average Bonchev–Trinajstić information content (AvgIpc) is 2.86. The maximum atomic E-state index is 12.2. The summed E-state index contributed by atoms with van der Waals surface area (Å²) < 4.78 is 1.42. The van der Waals surface area contributed by atoms with E-state index in [1.807, 2.05) is 5.38 Å². The van der Waals surface area contributed by atoms with Crippen LogP contribution in [0.5, 0.6) is 0 Å². The van der Waals surface area contributed by atoms with E-state index in [2.05, 4.69) is 21.9 Å². The van der Waals surface area contributed by atoms with Crippen molar-refractivity contribution in [3.05, 3.63) is 33.7 Å². The molecule has 0 bridgehead atoms. The van der Waals surface area contributed by atoms with Crippen molar-refractivity contribution in [2.45, 2.75) is 26.3 Å². The van der Waals surface area contributed by atoms with Crippen LogP contribution in [-0.4, -0.2) is 27.9 Å². The van der Waals surface area contributed by atoms with Gasteiger partial charge < -0.3 is 10.6 Å². The lowest BCUT2D eigenvalue weighted by atomic mass is 10.00. The van der Waals surface area contributed by atoms with E-state index in [9.17, 15) is 4.79 Å². The summed E-state index contributed by atoms with van der Waals surface area (Å²) in [5, 5.41) is 6.63. The maximum absolute atomic E-state index is 12.2. The normalized spacial score (nSPS) is 18.9. The molecule has 3 rings (SSSR count). The van der Waals surface area contributed by atoms with Crippen LogP contribution in [0, 0.1) is 5.92 Å². The minimum atomic E-state index is -0.0997. The topological polar surface area (TPSA) is 77.0 Å². The Bertz CT molecular complexity index is 680. The van der Waals surface area contributed by atoms with Gasteiger partial charge in [0.2, 0.25) is 0 Å². The Balaban J connectivity index is 1.78. The van der Waals surface area contributed by atoms with Gasteiger partial charge in [-0.1, -0.05) is 6.92 Å². The lowest BCUT2D eigenvalue weighted by Gasteiger charge is -2.32. The van der Waals surface area contributed by atoms with Crippen molar-refractivity contribution in [1.29, 1.82) is 0 Å². The molecule has 7 heteroatoms. The number of nitrogen functional groups attached to an aromatic ring is 1. The van der Waals surface area contributed by atoms with Gasteiger partial charge in [0.1, 0.15) is 0 Å². The van der Waals surface area contributed by atoms with E-state index in [0.29, 0.717) is 17.6 Å². The molecule has 6 nitrogen and oxygen atoms in total. The molecule has 2 aromatic heterocycles. The van der Waals surface area contributed by atoms with Crippen LogP contribution >= 0.6 is 11.3 Å². The maximum Gasteiger partial charge on any atom is 0.269 e. The second-order valence-electron chi connectivity index (χ2n) is 5.58. The highest BCUT2D eigenvalue weighted by Gasteiger charge is 2.17. The minimum absolute atomic E-state index is 0.0997. The molecule has 1 saturated heterocycles. The quantitative estimate of drug-likeness (QED) is 0.931. The van der Waals surface area contributed by atoms with Crippen LogP contribution in [0.15, 0.2) is 22.4 Å². The van der Waals surface area contributed by atoms with Gasteiger partial charge in [-0.15, -0.1) is 11.3 Å². The molecule has 1 unspecified atom stereocenters. The molecule has 0 amide bonds. The summed E-state index contributed by atoms with van der Waals surface area (Å²) in [4.78, 5) is 18.6. The number of anilines is 2. The van der Waals surface area contributed by atoms with Gasteiger partial charge >= 0.3 is 0 Å². The monoisotopic (exact) mass is 305 g/mol. The van der Waals surface area contributed by atoms with Crippen LogP contribution in [0.2, 0.25) is 0 Å². The van der Waals surface area contributed by atoms with Gasteiger partial charge in [-0.05, 0) is 18.8 Å². The fourth-order valence-corrected chi connectivity index (χ4v) is 3.24. The molecule has 1 atom stereocenters. The van der Waals surface area contributed by atoms with Gasteiger partial charge in [-0.3, -0.25) is 4.79 Å². The predicted octanol–water partition coefficient (Wildman–Crippen LogP) is 1.57. The summed E-state index contributed by atoms with van der Waals surface area (Å²) in [6.07, 6.45) is 4.20. The number of aromatic nitrogens is 3. The second kappa shape index (κ2) is 5.85. The van der Waals surface area contributed by atoms with Crippen LogP contribution in [0.4, 0.5) is 10.8 Å². The standard InChI is InChI=1S/C14H19N5OS/c1-10-3-2-4-18(7-10)12-5-13(20)19(16-6-12)8-11-9-21-14(15)17-11/h5-6,9-10H,2-4,7-8H2,1H3,(H2,15,17). The van der Waals surface area contributed by atoms with Crippen molar-refractivity contribution in [3.63, 3.8) is 0 Å². The van der Waals surface area contributed by atoms with Gasteiger partial charge in [0.15, 0.2) is 5.13 Å². The molecular weight excluding hydrogens is 286 g/mol. The Labute approximate surface area is 127 Å². The van der Waals surface area contributed by atoms with Crippen LogP contribution in [-0.2, 0) is 6.54 Å². The first kappa shape index (κ1) is 14.1. The number of piperidine rings is 1. The van der Waals surface area contributed by atoms with Crippen molar-refractivity contribution in [2.24, 2.45) is 5.92 Å². The molecule has 0 saturated carbocycles. The van der Waals surface area contributed by atoms with Crippen LogP contribution in [0.3, 0.4) is 0 Å². The SMILES string of the molecule is CC1CCCN(c2cnn(Cc3csc(N)n3)c(=O)c2)C1. The molecule has 1 fully saturated rings. The molecule has 21 heavy (non-hydrogen) atoms. The molecule has 112 valence electrons. The molecule has 1 aliphatic heterocycles. The molecular formula is C14H19N5OS. The van der Waals surface area contributed by atoms with Crippen molar-refractivity contribution < 1.29 is 0 Å². The highest BCUT2D eigenvalue weighted by atomic mass is 32.1. The van der Waals surface area contributed by atoms with E-state index in [-0.39, 0.29) is 5.56 Å². The van der Waals surface area contributed by atoms with Crippen LogP contribution in [0.1, 0.15) is 25.5 Å². The Morgan fingerprint density at radius 2 is 2.38 bits per heavy atom. The lowest BCUT2D eigenvalue weighted by molar-refractivity contribution is 0.445. The summed E-state index contributed by atoms with van der Waals surface area (Å²) in [7, 11) is 0. The number of nitrogens with two attached hydrogens (primary N) is 1. The van der Waals surface area contributed by atoms with Crippen molar-refractivity contribution in [2.75, 3.05) is 23.7 Å². The van der Waals surface area contributed by atoms with E-state index in [1.54, 1.807) is 12.3 Å². The van der Waals surface area contributed by atoms with Crippen molar-refractivity contribution >= 4 is 22.2 Å². The zero-order chi connectivity index (χ0) is 14.8. The van der Waals surface area contributed by atoms with Gasteiger partial charge in [0, 0.05) is 24.5 Å². The Kier molecular flexibility index (Phi) is 3.92. The summed E-state index contributed by atoms with van der Waals surface area (Å²) in [5.74, 6) is 0.666. The van der Waals surface area contributed by atoms with E-state index in [0.717, 1.165) is 24.5 Å². The van der Waals surface area contributed by atoms with Crippen molar-refractivity contribution in [3.8, 4) is 0 Å². The van der Waals surface area contributed by atoms with Gasteiger partial charge in [0.25, 0.3) is 5.56 Å². The molecule has 2 aromatic rings. The Morgan fingerprint density at radius 3 is 3.05 bits per heavy atom. The third-order valence-electron chi connectivity index (χ3n) is 3.76. The number of rotatable bonds is 3. The summed E-state index contributed by atoms with van der Waals surface area (Å²) >= 11 is 1.37. The lowest BCUT2D eigenvalue weighted by Crippen LogP contribution is -2.35. The summed E-state index contributed by atoms with van der Waals surface area (Å²) in [6, 6.07) is 1.67. The van der Waals surface area contributed by atoms with Crippen LogP contribution in [0.25, 0.3) is 0 Å². The number of hydrogen-bond acceptors (Lipinski definition) is 6. The van der Waals surface area contributed by atoms with Crippen molar-refractivity contribution in [1.82, 2.24) is 14.8 Å². The number of thiazole rings is 1. The highest BCUT2D eigenvalue weighted by Crippen LogP contribution is 2.21. The third kappa shape index (κ3) is 3.24. The summed E-state index contributed by atoms with van der Waals surface area (Å²) in [6.45, 7) is 4.60. The van der Waals surface area contributed by atoms with Gasteiger partial charge in [-0.25, -0.2) is 9.67 Å². The van der Waals surface area contributed by atoms with E-state index in [1.165, 1.54) is 28.9 Å². The molecule has 3 heterocycles. The van der Waals surface area contributed by atoms with Gasteiger partial charge in [0.05, 0.1) is 24.1 Å². The molecule has 0 aliphatic carbocycles.